The van der Waals surface area contributed by atoms with Gasteiger partial charge in [0.15, 0.2) is 0 Å². The van der Waals surface area contributed by atoms with Gasteiger partial charge in [0.2, 0.25) is 5.91 Å². The summed E-state index contributed by atoms with van der Waals surface area (Å²) < 4.78 is 5.44. The van der Waals surface area contributed by atoms with Crippen molar-refractivity contribution in [3.05, 3.63) is 64.7 Å². The third-order valence-electron chi connectivity index (χ3n) is 5.05. The quantitative estimate of drug-likeness (QED) is 0.125. The van der Waals surface area contributed by atoms with Crippen molar-refractivity contribution >= 4 is 35.6 Å². The van der Waals surface area contributed by atoms with E-state index in [4.69, 9.17) is 16.3 Å². The second-order valence-electron chi connectivity index (χ2n) is 7.88. The van der Waals surface area contributed by atoms with Crippen molar-refractivity contribution in [3.8, 4) is 5.75 Å². The molecule has 0 saturated carbocycles. The lowest BCUT2D eigenvalue weighted by Gasteiger charge is -2.07. The second kappa shape index (κ2) is 15.6. The lowest BCUT2D eigenvalue weighted by atomic mass is 10.1. The van der Waals surface area contributed by atoms with Crippen LogP contribution < -0.4 is 15.5 Å². The van der Waals surface area contributed by atoms with Crippen molar-refractivity contribution in [3.63, 3.8) is 0 Å². The minimum atomic E-state index is -0.537. The number of carbonyl (C=O) groups is 3. The van der Waals surface area contributed by atoms with Crippen LogP contribution in [0.5, 0.6) is 5.75 Å². The van der Waals surface area contributed by atoms with Gasteiger partial charge in [-0.1, -0.05) is 69.2 Å². The van der Waals surface area contributed by atoms with E-state index in [-0.39, 0.29) is 12.5 Å². The van der Waals surface area contributed by atoms with Crippen molar-refractivity contribution in [1.82, 2.24) is 10.7 Å². The Kier molecular flexibility index (Phi) is 12.4. The zero-order chi connectivity index (χ0) is 24.6. The number of hydrogen-bond acceptors (Lipinski definition) is 5. The average Bonchev–Trinajstić information content (AvgIpc) is 2.83. The molecule has 0 saturated heterocycles. The predicted molar refractivity (Wildman–Crippen MR) is 134 cm³/mol. The number of para-hydroxylation sites is 1. The maximum absolute atomic E-state index is 12.3. The molecule has 0 aliphatic rings. The fourth-order valence-corrected chi connectivity index (χ4v) is 3.27. The Bertz CT molecular complexity index is 961. The van der Waals surface area contributed by atoms with E-state index < -0.39 is 11.9 Å². The molecule has 2 N–H and O–H groups in total. The van der Waals surface area contributed by atoms with Gasteiger partial charge in [-0.25, -0.2) is 10.2 Å². The molecule has 0 aliphatic heterocycles. The van der Waals surface area contributed by atoms with Crippen LogP contribution in [0.4, 0.5) is 0 Å². The Hall–Kier alpha value is -3.19. The molecule has 0 unspecified atom stereocenters. The molecular weight excluding hydrogens is 454 g/mol. The normalized spacial score (nSPS) is 10.8. The van der Waals surface area contributed by atoms with Crippen molar-refractivity contribution in [2.24, 2.45) is 5.10 Å². The molecule has 7 nitrogen and oxygen atoms in total. The maximum Gasteiger partial charge on any atom is 0.343 e. The van der Waals surface area contributed by atoms with Crippen LogP contribution in [0.3, 0.4) is 0 Å². The lowest BCUT2D eigenvalue weighted by Crippen LogP contribution is -2.34. The minimum Gasteiger partial charge on any atom is -0.422 e. The molecule has 0 fully saturated rings. The van der Waals surface area contributed by atoms with Crippen LogP contribution in [0.25, 0.3) is 0 Å². The first-order valence-electron chi connectivity index (χ1n) is 11.6. The number of esters is 1. The number of carbonyl (C=O) groups excluding carboxylic acids is 3. The summed E-state index contributed by atoms with van der Waals surface area (Å²) in [5.41, 5.74) is 3.23. The highest BCUT2D eigenvalue weighted by Crippen LogP contribution is 2.18. The predicted octanol–water partition coefficient (Wildman–Crippen LogP) is 5.27. The lowest BCUT2D eigenvalue weighted by molar-refractivity contribution is -0.126. The van der Waals surface area contributed by atoms with Crippen LogP contribution in [0.2, 0.25) is 5.02 Å². The van der Waals surface area contributed by atoms with Gasteiger partial charge in [0, 0.05) is 17.0 Å². The number of benzene rings is 2. The van der Waals surface area contributed by atoms with Crippen molar-refractivity contribution in [2.75, 3.05) is 6.54 Å². The largest absolute Gasteiger partial charge is 0.422 e. The summed E-state index contributed by atoms with van der Waals surface area (Å²) in [6.45, 7) is 2.03. The average molecular weight is 486 g/mol. The molecular formula is C26H32ClN3O4. The van der Waals surface area contributed by atoms with E-state index in [1.54, 1.807) is 48.5 Å². The second-order valence-corrected chi connectivity index (χ2v) is 8.31. The molecule has 0 atom stereocenters. The maximum atomic E-state index is 12.3. The summed E-state index contributed by atoms with van der Waals surface area (Å²) in [6.07, 6.45) is 9.71. The monoisotopic (exact) mass is 485 g/mol. The molecule has 34 heavy (non-hydrogen) atoms. The van der Waals surface area contributed by atoms with Gasteiger partial charge in [-0.15, -0.1) is 0 Å². The summed E-state index contributed by atoms with van der Waals surface area (Å²) in [4.78, 5) is 36.2. The molecule has 0 heterocycles. The molecule has 0 aliphatic carbocycles. The smallest absolute Gasteiger partial charge is 0.343 e. The summed E-state index contributed by atoms with van der Waals surface area (Å²) in [5, 5.41) is 7.02. The molecule has 0 aromatic heterocycles. The van der Waals surface area contributed by atoms with E-state index in [9.17, 15) is 14.4 Å². The summed E-state index contributed by atoms with van der Waals surface area (Å²) in [6, 6.07) is 13.2. The number of ether oxygens (including phenoxy) is 1. The van der Waals surface area contributed by atoms with E-state index in [1.165, 1.54) is 31.9 Å². The van der Waals surface area contributed by atoms with E-state index in [0.29, 0.717) is 28.3 Å². The first kappa shape index (κ1) is 27.1. The molecule has 182 valence electrons. The molecule has 2 aromatic carbocycles. The van der Waals surface area contributed by atoms with Gasteiger partial charge >= 0.3 is 5.97 Å². The van der Waals surface area contributed by atoms with Gasteiger partial charge < -0.3 is 10.1 Å². The van der Waals surface area contributed by atoms with Crippen LogP contribution in [-0.4, -0.2) is 30.5 Å². The van der Waals surface area contributed by atoms with Crippen LogP contribution in [0.15, 0.2) is 53.6 Å². The van der Waals surface area contributed by atoms with Crippen molar-refractivity contribution in [2.45, 2.75) is 58.3 Å². The number of nitrogens with zero attached hydrogens (tertiary/aromatic N) is 1. The third-order valence-corrected chi connectivity index (χ3v) is 5.30. The van der Waals surface area contributed by atoms with Crippen LogP contribution in [-0.2, 0) is 9.59 Å². The Labute approximate surface area is 205 Å². The highest BCUT2D eigenvalue weighted by Gasteiger charge is 2.11. The Morgan fingerprint density at radius 2 is 1.59 bits per heavy atom. The van der Waals surface area contributed by atoms with E-state index in [2.05, 4.69) is 22.8 Å². The number of unbranched alkanes of at least 4 members (excludes halogenated alkanes) is 6. The van der Waals surface area contributed by atoms with Crippen LogP contribution >= 0.6 is 11.6 Å². The SMILES string of the molecule is CCCCCCCCCC(=O)NCC(=O)N/N=C/c1ccccc1OC(=O)c1ccc(Cl)cc1. The van der Waals surface area contributed by atoms with Gasteiger partial charge in [-0.2, -0.15) is 5.10 Å². The number of hydrogen-bond donors (Lipinski definition) is 2. The molecule has 2 aromatic rings. The van der Waals surface area contributed by atoms with Crippen molar-refractivity contribution in [1.29, 1.82) is 0 Å². The number of amides is 2. The topological polar surface area (TPSA) is 96.9 Å². The number of halogens is 1. The number of nitrogens with one attached hydrogen (secondary N) is 2. The molecule has 0 radical (unpaired) electrons. The number of rotatable bonds is 14. The first-order chi connectivity index (χ1) is 16.5. The zero-order valence-corrected chi connectivity index (χ0v) is 20.3. The number of hydrazone groups is 1. The van der Waals surface area contributed by atoms with E-state index in [1.807, 2.05) is 0 Å². The molecule has 8 heteroatoms. The van der Waals surface area contributed by atoms with Crippen LogP contribution in [0, 0.1) is 0 Å². The Morgan fingerprint density at radius 1 is 0.912 bits per heavy atom. The van der Waals surface area contributed by atoms with Gasteiger partial charge in [0.05, 0.1) is 18.3 Å². The molecule has 2 rings (SSSR count). The summed E-state index contributed by atoms with van der Waals surface area (Å²) in [7, 11) is 0. The standard InChI is InChI=1S/C26H32ClN3O4/c1-2-3-4-5-6-7-8-13-24(31)28-19-25(32)30-29-18-21-11-9-10-12-23(21)34-26(33)20-14-16-22(27)17-15-20/h9-12,14-18H,2-8,13,19H2,1H3,(H,28,31)(H,30,32)/b29-18+. The van der Waals surface area contributed by atoms with Gasteiger partial charge in [0.25, 0.3) is 5.91 Å². The highest BCUT2D eigenvalue weighted by molar-refractivity contribution is 6.30. The van der Waals surface area contributed by atoms with E-state index in [0.717, 1.165) is 19.3 Å². The van der Waals surface area contributed by atoms with Crippen molar-refractivity contribution < 1.29 is 19.1 Å². The first-order valence-corrected chi connectivity index (χ1v) is 12.0. The molecule has 0 spiro atoms. The zero-order valence-electron chi connectivity index (χ0n) is 19.5. The summed E-state index contributed by atoms with van der Waals surface area (Å²) in [5.74, 6) is -0.833. The minimum absolute atomic E-state index is 0.146. The molecule has 0 bridgehead atoms. The highest BCUT2D eigenvalue weighted by atomic mass is 35.5. The Morgan fingerprint density at radius 3 is 2.32 bits per heavy atom. The fourth-order valence-electron chi connectivity index (χ4n) is 3.15. The third kappa shape index (κ3) is 10.6. The van der Waals surface area contributed by atoms with E-state index >= 15 is 0 Å². The van der Waals surface area contributed by atoms with Crippen LogP contribution in [0.1, 0.15) is 74.2 Å². The fraction of sp³-hybridized carbons (Fsp3) is 0.385. The van der Waals surface area contributed by atoms with Gasteiger partial charge in [0.1, 0.15) is 5.75 Å². The summed E-state index contributed by atoms with van der Waals surface area (Å²) >= 11 is 5.84. The van der Waals surface area contributed by atoms with Gasteiger partial charge in [-0.05, 0) is 42.8 Å². The molecule has 2 amide bonds. The van der Waals surface area contributed by atoms with Gasteiger partial charge in [-0.3, -0.25) is 9.59 Å². The Balaban J connectivity index is 1.72.